The second-order valence-corrected chi connectivity index (χ2v) is 28.3. The van der Waals surface area contributed by atoms with E-state index in [1.165, 1.54) is 92.9 Å². The standard InChI is InChI=1S/C36H54N4O16S.C34H50N4O15S/c1-19(2)50-21(4)31(43)52-20(3)30(42)40(36(10,11)12)17-27(18-49-29-28(37-57-38-29)39-13-15-48-16-14-39)56-35(47)25(8)55-34(46)24(7)54-33(45)23(6)53-32(44)22(5)51-26(9)41;1-18(2)48-19(3)26(40)33(45)52-22(6)31(43)50-20(4)29(41)38(34(9,10)11)16-25(53-32(44)23(7)51-30(42)21(5)49-24(8)39)17-47-28-27(35-54-36-28)37-12-14-46-15-13-37/h20-25,27H,1,13-18H2,2-12H3;19-23,25H,1,12-17H2,2-11H3/t20?,21?,22?,23?,24?,25?,27-;19?,20?,21?,22?,23?,25-/m00/s1. The largest absolute Gasteiger partial charge is 0.488 e. The van der Waals surface area contributed by atoms with E-state index in [0.29, 0.717) is 64.2 Å². The molecule has 2 aliphatic rings. The number of allylic oxidation sites excluding steroid dienone is 2. The van der Waals surface area contributed by atoms with E-state index in [4.69, 9.17) is 80.5 Å². The van der Waals surface area contributed by atoms with Crippen LogP contribution in [0.4, 0.5) is 11.6 Å². The van der Waals surface area contributed by atoms with Gasteiger partial charge in [0.05, 0.1) is 74.5 Å². The summed E-state index contributed by atoms with van der Waals surface area (Å²) in [7, 11) is 0. The summed E-state index contributed by atoms with van der Waals surface area (Å²) < 4.78 is 107. The fourth-order valence-electron chi connectivity index (χ4n) is 9.46. The van der Waals surface area contributed by atoms with Crippen molar-refractivity contribution in [1.29, 1.82) is 0 Å². The lowest BCUT2D eigenvalue weighted by atomic mass is 10.0. The van der Waals surface area contributed by atoms with Crippen LogP contribution in [-0.2, 0) is 138 Å². The van der Waals surface area contributed by atoms with Crippen molar-refractivity contribution in [3.63, 3.8) is 0 Å². The molecule has 0 bridgehead atoms. The molecule has 0 spiro atoms. The Morgan fingerprint density at radius 1 is 0.378 bits per heavy atom. The summed E-state index contributed by atoms with van der Waals surface area (Å²) in [6.45, 7) is 39.3. The third-order valence-corrected chi connectivity index (χ3v) is 16.2. The van der Waals surface area contributed by atoms with E-state index >= 15 is 0 Å². The number of hydrogen-bond donors (Lipinski definition) is 0. The van der Waals surface area contributed by atoms with Gasteiger partial charge in [-0.05, 0) is 132 Å². The highest BCUT2D eigenvalue weighted by molar-refractivity contribution is 6.99. The van der Waals surface area contributed by atoms with Crippen LogP contribution in [0.25, 0.3) is 0 Å². The zero-order valence-electron chi connectivity index (χ0n) is 66.5. The van der Waals surface area contributed by atoms with E-state index in [1.807, 2.05) is 9.80 Å². The summed E-state index contributed by atoms with van der Waals surface area (Å²) in [6, 6.07) is 0. The molecule has 0 aliphatic carbocycles. The molecule has 2 amide bonds. The van der Waals surface area contributed by atoms with Crippen molar-refractivity contribution in [3.05, 3.63) is 24.7 Å². The van der Waals surface area contributed by atoms with Crippen LogP contribution in [0.15, 0.2) is 24.7 Å². The molecule has 2 aromatic rings. The summed E-state index contributed by atoms with van der Waals surface area (Å²) in [4.78, 5) is 183. The molecule has 0 aromatic carbocycles. The minimum absolute atomic E-state index is 0.149. The molecular weight excluding hydrogens is 1510 g/mol. The lowest BCUT2D eigenvalue weighted by Crippen LogP contribution is -2.54. The molecule has 2 aliphatic heterocycles. The van der Waals surface area contributed by atoms with Crippen LogP contribution in [0.2, 0.25) is 0 Å². The van der Waals surface area contributed by atoms with Gasteiger partial charge in [0.25, 0.3) is 29.4 Å². The van der Waals surface area contributed by atoms with Crippen LogP contribution in [0.5, 0.6) is 11.8 Å². The number of Topliss-reactive ketones (excluding diaryl/α,β-unsaturated/α-hetero) is 1. The second kappa shape index (κ2) is 44.8. The molecule has 39 nitrogen and oxygen atoms in total. The molecule has 4 heterocycles. The van der Waals surface area contributed by atoms with Gasteiger partial charge in [-0.1, -0.05) is 13.2 Å². The van der Waals surface area contributed by atoms with E-state index in [1.54, 1.807) is 48.5 Å². The Balaban J connectivity index is 0.000000576. The Bertz CT molecular complexity index is 3560. The average Bonchev–Trinajstić information content (AvgIpc) is 1.02. The van der Waals surface area contributed by atoms with Gasteiger partial charge in [0, 0.05) is 51.1 Å². The normalized spacial score (nSPS) is 16.4. The summed E-state index contributed by atoms with van der Waals surface area (Å²) in [5.41, 5.74) is -1.88. The van der Waals surface area contributed by atoms with Crippen LogP contribution in [0.1, 0.15) is 145 Å². The fraction of sp³-hybridized carbons (Fsp3) is 0.686. The highest BCUT2D eigenvalue weighted by Crippen LogP contribution is 2.30. The molecule has 0 saturated carbocycles. The van der Waals surface area contributed by atoms with Gasteiger partial charge >= 0.3 is 65.7 Å². The van der Waals surface area contributed by atoms with Crippen molar-refractivity contribution in [3.8, 4) is 11.8 Å². The van der Waals surface area contributed by atoms with Gasteiger partial charge in [-0.2, -0.15) is 8.75 Å². The summed E-state index contributed by atoms with van der Waals surface area (Å²) in [5, 5.41) is 0. The van der Waals surface area contributed by atoms with Crippen LogP contribution in [-0.4, -0.2) is 280 Å². The maximum atomic E-state index is 13.9. The molecule has 622 valence electrons. The topological polar surface area (TPSA) is 460 Å². The van der Waals surface area contributed by atoms with Crippen molar-refractivity contribution in [2.75, 3.05) is 88.7 Å². The zero-order chi connectivity index (χ0) is 84.1. The Morgan fingerprint density at radius 3 is 0.928 bits per heavy atom. The van der Waals surface area contributed by atoms with Gasteiger partial charge < -0.3 is 100 Å². The summed E-state index contributed by atoms with van der Waals surface area (Å²) in [5.74, 6) is -11.8. The van der Waals surface area contributed by atoms with Crippen LogP contribution in [0.3, 0.4) is 0 Å². The molecule has 2 saturated heterocycles. The Morgan fingerprint density at radius 2 is 0.640 bits per heavy atom. The number of esters is 11. The van der Waals surface area contributed by atoms with Crippen molar-refractivity contribution in [1.82, 2.24) is 27.3 Å². The highest BCUT2D eigenvalue weighted by Gasteiger charge is 2.41. The van der Waals surface area contributed by atoms with Gasteiger partial charge in [0.15, 0.2) is 79.4 Å². The predicted molar refractivity (Wildman–Crippen MR) is 387 cm³/mol. The van der Waals surface area contributed by atoms with E-state index in [0.717, 1.165) is 37.3 Å². The second-order valence-electron chi connectivity index (χ2n) is 27.3. The van der Waals surface area contributed by atoms with Crippen molar-refractivity contribution >= 4 is 118 Å². The van der Waals surface area contributed by atoms with Crippen LogP contribution in [0, 0.1) is 0 Å². The minimum atomic E-state index is -1.57. The molecule has 111 heavy (non-hydrogen) atoms. The number of amides is 2. The van der Waals surface area contributed by atoms with E-state index in [-0.39, 0.29) is 49.6 Å². The Kier molecular flexibility index (Phi) is 38.5. The van der Waals surface area contributed by atoms with Crippen LogP contribution >= 0.6 is 23.5 Å². The van der Waals surface area contributed by atoms with Crippen molar-refractivity contribution in [2.45, 2.75) is 236 Å². The molecule has 0 radical (unpaired) electrons. The quantitative estimate of drug-likeness (QED) is 0.0400. The first-order chi connectivity index (χ1) is 51.6. The molecule has 2 fully saturated rings. The van der Waals surface area contributed by atoms with E-state index < -0.39 is 174 Å². The first-order valence-corrected chi connectivity index (χ1v) is 36.7. The zero-order valence-corrected chi connectivity index (χ0v) is 68.1. The van der Waals surface area contributed by atoms with E-state index in [2.05, 4.69) is 30.7 Å². The van der Waals surface area contributed by atoms with Crippen LogP contribution < -0.4 is 19.3 Å². The smallest absolute Gasteiger partial charge is 0.379 e. The summed E-state index contributed by atoms with van der Waals surface area (Å²) in [6.07, 6.45) is -17.6. The molecule has 0 N–H and O–H groups in total. The number of aromatic nitrogens is 4. The number of morpholine rings is 2. The molecule has 11 unspecified atom stereocenters. The van der Waals surface area contributed by atoms with Gasteiger partial charge in [0.2, 0.25) is 11.6 Å². The summed E-state index contributed by atoms with van der Waals surface area (Å²) >= 11 is 1.82. The molecule has 2 aromatic heterocycles. The van der Waals surface area contributed by atoms with Crippen molar-refractivity contribution in [2.24, 2.45) is 0 Å². The third kappa shape index (κ3) is 32.5. The van der Waals surface area contributed by atoms with Gasteiger partial charge in [-0.3, -0.25) is 24.0 Å². The molecule has 13 atom stereocenters. The van der Waals surface area contributed by atoms with Gasteiger partial charge in [-0.25, -0.2) is 43.2 Å². The molecule has 4 rings (SSSR count). The van der Waals surface area contributed by atoms with Gasteiger partial charge in [-0.15, -0.1) is 8.75 Å². The number of carbonyl (C=O) groups is 14. The van der Waals surface area contributed by atoms with Crippen molar-refractivity contribution < 1.29 is 148 Å². The predicted octanol–water partition coefficient (Wildman–Crippen LogP) is 3.46. The maximum absolute atomic E-state index is 13.9. The highest BCUT2D eigenvalue weighted by atomic mass is 32.1. The number of ether oxygens (including phenoxy) is 17. The lowest BCUT2D eigenvalue weighted by Gasteiger charge is -2.39. The lowest BCUT2D eigenvalue weighted by molar-refractivity contribution is -0.186. The minimum Gasteiger partial charge on any atom is -0.488 e. The first kappa shape index (κ1) is 95.3. The monoisotopic (exact) mass is 1620 g/mol. The number of nitrogens with zero attached hydrogens (tertiary/aromatic N) is 8. The van der Waals surface area contributed by atoms with E-state index in [9.17, 15) is 67.1 Å². The molecule has 41 heteroatoms. The third-order valence-electron chi connectivity index (χ3n) is 15.2. The van der Waals surface area contributed by atoms with Gasteiger partial charge in [0.1, 0.15) is 13.2 Å². The number of ketones is 1. The number of hydrogen-bond acceptors (Lipinski definition) is 39. The Labute approximate surface area is 651 Å². The Hall–Kier alpha value is -9.90. The number of rotatable bonds is 39. The number of carbonyl (C=O) groups excluding carboxylic acids is 14. The SMILES string of the molecule is C=C(C)OC(C)C(=O)C(=O)OC(C)C(=O)OC(C)C(=O)N(C[C@@H](COc1nsnc1N1CCOCC1)OC(=O)C(C)OC(=O)C(C)OC(C)=O)C(C)(C)C.C=C(C)OC(C)C(=O)OC(C)C(=O)N(C[C@@H](COc1nsnc1N1CCOCC1)OC(=O)C(C)OC(=O)C(C)OC(=O)C(C)OC(=O)C(C)OC(C)=O)C(C)(C)C. The maximum Gasteiger partial charge on any atom is 0.379 e. The molecular formula is C70H104N8O31S2. The fourth-order valence-corrected chi connectivity index (χ4v) is 10.5. The average molecular weight is 1620 g/mol. The number of anilines is 2. The first-order valence-electron chi connectivity index (χ1n) is 35.2.